The van der Waals surface area contributed by atoms with Crippen LogP contribution in [0.3, 0.4) is 0 Å². The number of hydrogen-bond acceptors (Lipinski definition) is 0. The summed E-state index contributed by atoms with van der Waals surface area (Å²) in [6.45, 7) is 4.37. The van der Waals surface area contributed by atoms with Crippen molar-refractivity contribution in [2.75, 3.05) is 12.3 Å². The molecule has 0 aromatic heterocycles. The summed E-state index contributed by atoms with van der Waals surface area (Å²) in [4.78, 5) is 0. The molecule has 0 N–H and O–H groups in total. The smallest absolute Gasteiger partial charge is 0.0100 e. The Hall–Kier alpha value is 0.720. The molecule has 0 aliphatic rings. The summed E-state index contributed by atoms with van der Waals surface area (Å²) in [5, 5.41) is 0. The fraction of sp³-hybridized carbons (Fsp3) is 1.00. The van der Waals surface area contributed by atoms with Crippen LogP contribution >= 0.6 is 18.5 Å². The zero-order valence-corrected chi connectivity index (χ0v) is 7.30. The Kier molecular flexibility index (Phi) is 6.38. The lowest BCUT2D eigenvalue weighted by molar-refractivity contribution is 0.892. The van der Waals surface area contributed by atoms with E-state index < -0.39 is 0 Å². The first-order valence-electron chi connectivity index (χ1n) is 3.22. The van der Waals surface area contributed by atoms with Gasteiger partial charge < -0.3 is 0 Å². The van der Waals surface area contributed by atoms with Crippen LogP contribution in [0, 0.1) is 0 Å². The molecule has 0 aliphatic heterocycles. The van der Waals surface area contributed by atoms with E-state index in [1.54, 1.807) is 0 Å². The highest BCUT2D eigenvalue weighted by Gasteiger charge is 1.96. The predicted octanol–water partition coefficient (Wildman–Crippen LogP) is 3.44. The Bertz CT molecular complexity index is 47.8. The normalized spacial score (nSPS) is 13.9. The lowest BCUT2D eigenvalue weighted by Crippen LogP contribution is -1.79. The molecule has 0 radical (unpaired) electrons. The van der Waals surface area contributed by atoms with Crippen molar-refractivity contribution in [1.82, 2.24) is 0 Å². The fourth-order valence-electron chi connectivity index (χ4n) is 0.488. The number of hydrogen-bond donors (Lipinski definition) is 0. The van der Waals surface area contributed by atoms with Crippen molar-refractivity contribution < 1.29 is 0 Å². The summed E-state index contributed by atoms with van der Waals surface area (Å²) < 4.78 is 0. The van der Waals surface area contributed by atoms with Gasteiger partial charge in [0.1, 0.15) is 0 Å². The monoisotopic (exact) mass is 152 g/mol. The SMILES string of the molecule is CCCCP(Cl)CC. The Balaban J connectivity index is 2.86. The standard InChI is InChI=1S/C6H14ClP/c1-3-5-6-8(7)4-2/h3-6H2,1-2H3. The summed E-state index contributed by atoms with van der Waals surface area (Å²) in [5.41, 5.74) is 0. The van der Waals surface area contributed by atoms with E-state index >= 15 is 0 Å². The minimum absolute atomic E-state index is 0.112. The highest BCUT2D eigenvalue weighted by Crippen LogP contribution is 2.40. The van der Waals surface area contributed by atoms with Gasteiger partial charge in [0.15, 0.2) is 0 Å². The Morgan fingerprint density at radius 3 is 2.38 bits per heavy atom. The molecule has 0 rings (SSSR count). The van der Waals surface area contributed by atoms with Gasteiger partial charge in [0.2, 0.25) is 0 Å². The highest BCUT2D eigenvalue weighted by atomic mass is 35.7. The van der Waals surface area contributed by atoms with Crippen molar-refractivity contribution in [2.45, 2.75) is 26.7 Å². The first kappa shape index (κ1) is 8.72. The van der Waals surface area contributed by atoms with E-state index in [4.69, 9.17) is 11.2 Å². The largest absolute Gasteiger partial charge is 0.0964 e. The van der Waals surface area contributed by atoms with E-state index in [2.05, 4.69) is 13.8 Å². The van der Waals surface area contributed by atoms with Gasteiger partial charge in [-0.2, -0.15) is 0 Å². The quantitative estimate of drug-likeness (QED) is 0.542. The summed E-state index contributed by atoms with van der Waals surface area (Å²) in [6, 6.07) is 0. The second kappa shape index (κ2) is 5.85. The van der Waals surface area contributed by atoms with E-state index in [9.17, 15) is 0 Å². The first-order chi connectivity index (χ1) is 3.81. The molecule has 1 unspecified atom stereocenters. The Morgan fingerprint density at radius 2 is 2.00 bits per heavy atom. The molecular weight excluding hydrogens is 138 g/mol. The second-order valence-corrected chi connectivity index (χ2v) is 5.30. The summed E-state index contributed by atoms with van der Waals surface area (Å²) >= 11 is 5.91. The van der Waals surface area contributed by atoms with Gasteiger partial charge in [-0.1, -0.05) is 31.5 Å². The van der Waals surface area contributed by atoms with Gasteiger partial charge in [-0.3, -0.25) is 0 Å². The zero-order chi connectivity index (χ0) is 6.41. The van der Waals surface area contributed by atoms with Crippen LogP contribution in [-0.2, 0) is 0 Å². The maximum absolute atomic E-state index is 5.91. The Morgan fingerprint density at radius 1 is 1.38 bits per heavy atom. The molecular formula is C6H14ClP. The van der Waals surface area contributed by atoms with Crippen LogP contribution in [0.5, 0.6) is 0 Å². The van der Waals surface area contributed by atoms with Crippen molar-refractivity contribution in [3.63, 3.8) is 0 Å². The molecule has 0 amide bonds. The fourth-order valence-corrected chi connectivity index (χ4v) is 1.82. The van der Waals surface area contributed by atoms with E-state index in [-0.39, 0.29) is 7.27 Å². The minimum Gasteiger partial charge on any atom is -0.0964 e. The minimum atomic E-state index is -0.112. The van der Waals surface area contributed by atoms with Gasteiger partial charge in [-0.05, 0) is 26.0 Å². The third-order valence-corrected chi connectivity index (χ3v) is 3.81. The summed E-state index contributed by atoms with van der Waals surface area (Å²) in [6.07, 6.45) is 5.02. The topological polar surface area (TPSA) is 0 Å². The molecule has 2 heteroatoms. The number of halogens is 1. The average molecular weight is 153 g/mol. The molecule has 0 spiro atoms. The molecule has 0 aromatic rings. The molecule has 1 atom stereocenters. The van der Waals surface area contributed by atoms with Crippen LogP contribution in [-0.4, -0.2) is 12.3 Å². The molecule has 0 heterocycles. The first-order valence-corrected chi connectivity index (χ1v) is 5.83. The predicted molar refractivity (Wildman–Crippen MR) is 43.1 cm³/mol. The van der Waals surface area contributed by atoms with E-state index in [0.29, 0.717) is 0 Å². The van der Waals surface area contributed by atoms with Crippen LogP contribution in [0.1, 0.15) is 26.7 Å². The number of unbranched alkanes of at least 4 members (excludes halogenated alkanes) is 1. The van der Waals surface area contributed by atoms with Crippen LogP contribution in [0.2, 0.25) is 0 Å². The third kappa shape index (κ3) is 4.87. The van der Waals surface area contributed by atoms with Crippen LogP contribution in [0.15, 0.2) is 0 Å². The van der Waals surface area contributed by atoms with Gasteiger partial charge >= 0.3 is 0 Å². The van der Waals surface area contributed by atoms with E-state index in [1.165, 1.54) is 25.2 Å². The second-order valence-electron chi connectivity index (χ2n) is 1.86. The van der Waals surface area contributed by atoms with Gasteiger partial charge in [-0.25, -0.2) is 0 Å². The molecule has 0 aromatic carbocycles. The number of rotatable bonds is 4. The van der Waals surface area contributed by atoms with Gasteiger partial charge in [0.25, 0.3) is 0 Å². The van der Waals surface area contributed by atoms with Crippen LogP contribution < -0.4 is 0 Å². The maximum Gasteiger partial charge on any atom is -0.0100 e. The molecule has 0 nitrogen and oxygen atoms in total. The van der Waals surface area contributed by atoms with Crippen molar-refractivity contribution in [2.24, 2.45) is 0 Å². The summed E-state index contributed by atoms with van der Waals surface area (Å²) in [7, 11) is -0.112. The van der Waals surface area contributed by atoms with Crippen molar-refractivity contribution in [3.8, 4) is 0 Å². The van der Waals surface area contributed by atoms with Gasteiger partial charge in [0, 0.05) is 0 Å². The molecule has 50 valence electrons. The lowest BCUT2D eigenvalue weighted by Gasteiger charge is -2.02. The van der Waals surface area contributed by atoms with E-state index in [1.807, 2.05) is 0 Å². The molecule has 0 fully saturated rings. The third-order valence-electron chi connectivity index (χ3n) is 1.10. The molecule has 0 bridgehead atoms. The Labute approximate surface area is 58.2 Å². The van der Waals surface area contributed by atoms with Crippen LogP contribution in [0.25, 0.3) is 0 Å². The van der Waals surface area contributed by atoms with Crippen molar-refractivity contribution in [1.29, 1.82) is 0 Å². The maximum atomic E-state index is 5.91. The molecule has 8 heavy (non-hydrogen) atoms. The summed E-state index contributed by atoms with van der Waals surface area (Å²) in [5.74, 6) is 0. The van der Waals surface area contributed by atoms with Gasteiger partial charge in [-0.15, -0.1) is 0 Å². The van der Waals surface area contributed by atoms with Crippen molar-refractivity contribution >= 4 is 18.5 Å². The lowest BCUT2D eigenvalue weighted by atomic mass is 10.4. The molecule has 0 aliphatic carbocycles. The van der Waals surface area contributed by atoms with Gasteiger partial charge in [0.05, 0.1) is 0 Å². The zero-order valence-electron chi connectivity index (χ0n) is 5.65. The van der Waals surface area contributed by atoms with E-state index in [0.717, 1.165) is 0 Å². The highest BCUT2D eigenvalue weighted by molar-refractivity contribution is 7.83. The van der Waals surface area contributed by atoms with Crippen molar-refractivity contribution in [3.05, 3.63) is 0 Å². The molecule has 0 saturated carbocycles. The molecule has 0 saturated heterocycles. The van der Waals surface area contributed by atoms with Crippen LogP contribution in [0.4, 0.5) is 0 Å². The average Bonchev–Trinajstić information content (AvgIpc) is 1.83.